The van der Waals surface area contributed by atoms with Crippen LogP contribution < -0.4 is 0 Å². The zero-order chi connectivity index (χ0) is 11.3. The number of halogens is 3. The fourth-order valence-corrected chi connectivity index (χ4v) is 1.02. The first-order valence-electron chi connectivity index (χ1n) is 4.30. The lowest BCUT2D eigenvalue weighted by Gasteiger charge is -2.07. The number of nitrogens with zero attached hydrogens (tertiary/aromatic N) is 1. The molecule has 0 atom stereocenters. The molecule has 1 aromatic rings. The van der Waals surface area contributed by atoms with Crippen LogP contribution in [0.4, 0.5) is 13.2 Å². The average molecular weight is 217 g/mol. The minimum Gasteiger partial charge on any atom is -0.391 e. The van der Waals surface area contributed by atoms with Gasteiger partial charge >= 0.3 is 6.18 Å². The summed E-state index contributed by atoms with van der Waals surface area (Å²) in [5.74, 6) is 0. The topological polar surface area (TPSA) is 21.6 Å². The van der Waals surface area contributed by atoms with Gasteiger partial charge in [-0.15, -0.1) is 0 Å². The van der Waals surface area contributed by atoms with Crippen LogP contribution >= 0.6 is 0 Å². The molecule has 0 fully saturated rings. The first-order chi connectivity index (χ1) is 7.04. The Morgan fingerprint density at radius 2 is 2.13 bits per heavy atom. The molecule has 5 heteroatoms. The maximum absolute atomic E-state index is 12.3. The monoisotopic (exact) mass is 217 g/mol. The van der Waals surface area contributed by atoms with E-state index in [4.69, 9.17) is 4.84 Å². The van der Waals surface area contributed by atoms with Gasteiger partial charge in [0.05, 0.1) is 5.56 Å². The van der Waals surface area contributed by atoms with Gasteiger partial charge < -0.3 is 4.84 Å². The molecule has 82 valence electrons. The van der Waals surface area contributed by atoms with Gasteiger partial charge in [0.15, 0.2) is 0 Å². The number of alkyl halides is 3. The third-order valence-electron chi connectivity index (χ3n) is 1.67. The zero-order valence-electron chi connectivity index (χ0n) is 8.08. The summed E-state index contributed by atoms with van der Waals surface area (Å²) in [6.07, 6.45) is -2.89. The zero-order valence-corrected chi connectivity index (χ0v) is 8.08. The quantitative estimate of drug-likeness (QED) is 0.562. The summed E-state index contributed by atoms with van der Waals surface area (Å²) < 4.78 is 36.9. The molecule has 0 heterocycles. The van der Waals surface area contributed by atoms with E-state index in [1.54, 1.807) is 13.0 Å². The summed E-state index contributed by atoms with van der Waals surface area (Å²) in [7, 11) is 0. The second-order valence-electron chi connectivity index (χ2n) is 2.84. The molecule has 1 aromatic carbocycles. The van der Waals surface area contributed by atoms with E-state index in [2.05, 4.69) is 5.16 Å². The molecule has 0 aliphatic heterocycles. The molecule has 0 aliphatic carbocycles. The summed E-state index contributed by atoms with van der Waals surface area (Å²) in [5.41, 5.74) is -0.237. The molecule has 15 heavy (non-hydrogen) atoms. The molecule has 0 spiro atoms. The molecule has 0 aromatic heterocycles. The van der Waals surface area contributed by atoms with Crippen LogP contribution in [0.25, 0.3) is 0 Å². The highest BCUT2D eigenvalue weighted by molar-refractivity contribution is 5.52. The lowest BCUT2D eigenvalue weighted by molar-refractivity contribution is -0.137. The standard InChI is InChI=1S/C10H10F3NO/c1-2-14-15-7-8-4-3-5-9(6-8)10(11,12)13/h2-6H,7H2,1H3. The third-order valence-corrected chi connectivity index (χ3v) is 1.67. The number of oxime groups is 1. The average Bonchev–Trinajstić information content (AvgIpc) is 2.17. The van der Waals surface area contributed by atoms with Crippen molar-refractivity contribution >= 4 is 6.21 Å². The van der Waals surface area contributed by atoms with E-state index in [1.165, 1.54) is 12.3 Å². The number of benzene rings is 1. The highest BCUT2D eigenvalue weighted by atomic mass is 19.4. The Morgan fingerprint density at radius 1 is 1.40 bits per heavy atom. The second-order valence-corrected chi connectivity index (χ2v) is 2.84. The predicted molar refractivity (Wildman–Crippen MR) is 50.4 cm³/mol. The molecule has 1 rings (SSSR count). The van der Waals surface area contributed by atoms with Crippen LogP contribution in [0.2, 0.25) is 0 Å². The van der Waals surface area contributed by atoms with Crippen molar-refractivity contribution in [3.8, 4) is 0 Å². The van der Waals surface area contributed by atoms with Gasteiger partial charge in [0, 0.05) is 6.21 Å². The minimum absolute atomic E-state index is 0.0360. The fraction of sp³-hybridized carbons (Fsp3) is 0.300. The summed E-state index contributed by atoms with van der Waals surface area (Å²) in [4.78, 5) is 4.74. The molecule has 0 amide bonds. The molecule has 0 aliphatic rings. The minimum atomic E-state index is -4.32. The molecule has 0 N–H and O–H groups in total. The highest BCUT2D eigenvalue weighted by Gasteiger charge is 2.30. The van der Waals surface area contributed by atoms with Crippen LogP contribution in [-0.2, 0) is 17.6 Å². The summed E-state index contributed by atoms with van der Waals surface area (Å²) in [6.45, 7) is 1.69. The van der Waals surface area contributed by atoms with Gasteiger partial charge in [0.25, 0.3) is 0 Å². The van der Waals surface area contributed by atoms with Crippen molar-refractivity contribution in [2.75, 3.05) is 0 Å². The van der Waals surface area contributed by atoms with Gasteiger partial charge in [-0.3, -0.25) is 0 Å². The van der Waals surface area contributed by atoms with E-state index < -0.39 is 11.7 Å². The van der Waals surface area contributed by atoms with Crippen molar-refractivity contribution in [2.24, 2.45) is 5.16 Å². The Morgan fingerprint density at radius 3 is 2.73 bits per heavy atom. The Kier molecular flexibility index (Phi) is 3.71. The number of rotatable bonds is 3. The Labute approximate surface area is 85.4 Å². The molecular weight excluding hydrogens is 207 g/mol. The fourth-order valence-electron chi connectivity index (χ4n) is 1.02. The largest absolute Gasteiger partial charge is 0.416 e. The summed E-state index contributed by atoms with van der Waals surface area (Å²) >= 11 is 0. The normalized spacial score (nSPS) is 12.0. The Hall–Kier alpha value is -1.52. The maximum Gasteiger partial charge on any atom is 0.416 e. The van der Waals surface area contributed by atoms with Crippen molar-refractivity contribution in [3.05, 3.63) is 35.4 Å². The van der Waals surface area contributed by atoms with E-state index in [1.807, 2.05) is 0 Å². The van der Waals surface area contributed by atoms with Gasteiger partial charge in [0.1, 0.15) is 6.61 Å². The van der Waals surface area contributed by atoms with Gasteiger partial charge in [-0.05, 0) is 24.6 Å². The second kappa shape index (κ2) is 4.82. The van der Waals surface area contributed by atoms with Gasteiger partial charge in [0.2, 0.25) is 0 Å². The van der Waals surface area contributed by atoms with Gasteiger partial charge in [-0.1, -0.05) is 17.3 Å². The van der Waals surface area contributed by atoms with E-state index in [-0.39, 0.29) is 6.61 Å². The van der Waals surface area contributed by atoms with E-state index in [0.717, 1.165) is 12.1 Å². The third kappa shape index (κ3) is 3.61. The Bertz CT molecular complexity index is 347. The predicted octanol–water partition coefficient (Wildman–Crippen LogP) is 3.23. The summed E-state index contributed by atoms with van der Waals surface area (Å²) in [6, 6.07) is 4.97. The lowest BCUT2D eigenvalue weighted by atomic mass is 10.1. The number of hydrogen-bond donors (Lipinski definition) is 0. The SMILES string of the molecule is CC=NOCc1cccc(C(F)(F)F)c1. The van der Waals surface area contributed by atoms with Crippen LogP contribution in [0.1, 0.15) is 18.1 Å². The van der Waals surface area contributed by atoms with E-state index in [0.29, 0.717) is 5.56 Å². The van der Waals surface area contributed by atoms with Crippen molar-refractivity contribution in [3.63, 3.8) is 0 Å². The van der Waals surface area contributed by atoms with Crippen LogP contribution in [-0.4, -0.2) is 6.21 Å². The maximum atomic E-state index is 12.3. The lowest BCUT2D eigenvalue weighted by Crippen LogP contribution is -2.05. The number of hydrogen-bond acceptors (Lipinski definition) is 2. The van der Waals surface area contributed by atoms with Crippen LogP contribution in [0, 0.1) is 0 Å². The first-order valence-corrected chi connectivity index (χ1v) is 4.30. The van der Waals surface area contributed by atoms with Crippen molar-refractivity contribution in [1.29, 1.82) is 0 Å². The molecule has 0 saturated heterocycles. The molecular formula is C10H10F3NO. The Balaban J connectivity index is 2.75. The van der Waals surface area contributed by atoms with Crippen LogP contribution in [0.5, 0.6) is 0 Å². The molecule has 0 saturated carbocycles. The highest BCUT2D eigenvalue weighted by Crippen LogP contribution is 2.29. The van der Waals surface area contributed by atoms with Crippen LogP contribution in [0.3, 0.4) is 0 Å². The first kappa shape index (κ1) is 11.6. The van der Waals surface area contributed by atoms with E-state index >= 15 is 0 Å². The molecule has 0 bridgehead atoms. The van der Waals surface area contributed by atoms with E-state index in [9.17, 15) is 13.2 Å². The van der Waals surface area contributed by atoms with Crippen LogP contribution in [0.15, 0.2) is 29.4 Å². The molecule has 0 radical (unpaired) electrons. The van der Waals surface area contributed by atoms with Crippen molar-refractivity contribution in [2.45, 2.75) is 19.7 Å². The smallest absolute Gasteiger partial charge is 0.391 e. The summed E-state index contributed by atoms with van der Waals surface area (Å²) in [5, 5.41) is 3.45. The van der Waals surface area contributed by atoms with Crippen molar-refractivity contribution < 1.29 is 18.0 Å². The van der Waals surface area contributed by atoms with Gasteiger partial charge in [-0.2, -0.15) is 13.2 Å². The van der Waals surface area contributed by atoms with Crippen molar-refractivity contribution in [1.82, 2.24) is 0 Å². The molecule has 2 nitrogen and oxygen atoms in total. The van der Waals surface area contributed by atoms with Gasteiger partial charge in [-0.25, -0.2) is 0 Å². The molecule has 0 unspecified atom stereocenters.